The van der Waals surface area contributed by atoms with Crippen LogP contribution in [-0.2, 0) is 4.79 Å². The van der Waals surface area contributed by atoms with Gasteiger partial charge in [-0.25, -0.2) is 0 Å². The number of rotatable bonds is 2. The molecule has 0 radical (unpaired) electrons. The molecule has 3 heteroatoms. The minimum absolute atomic E-state index is 0.0439. The van der Waals surface area contributed by atoms with Crippen LogP contribution >= 0.6 is 11.8 Å². The van der Waals surface area contributed by atoms with Crippen LogP contribution in [0.4, 0.5) is 0 Å². The molecule has 0 aromatic rings. The summed E-state index contributed by atoms with van der Waals surface area (Å²) in [6.07, 6.45) is 1.47. The Morgan fingerprint density at radius 2 is 1.93 bits per heavy atom. The third-order valence-corrected chi connectivity index (χ3v) is 3.40. The van der Waals surface area contributed by atoms with Crippen molar-refractivity contribution in [2.24, 2.45) is 11.1 Å². The summed E-state index contributed by atoms with van der Waals surface area (Å²) in [5.74, 6) is 0.220. The average molecular weight is 213 g/mol. The van der Waals surface area contributed by atoms with Gasteiger partial charge in [0.1, 0.15) is 0 Å². The molecule has 14 heavy (non-hydrogen) atoms. The summed E-state index contributed by atoms with van der Waals surface area (Å²) in [5, 5.41) is 0.425. The van der Waals surface area contributed by atoms with Crippen LogP contribution in [0.3, 0.4) is 0 Å². The number of thioether (sulfide) groups is 1. The summed E-state index contributed by atoms with van der Waals surface area (Å²) in [6.45, 7) is 8.35. The fourth-order valence-electron chi connectivity index (χ4n) is 1.73. The second-order valence-corrected chi connectivity index (χ2v) is 6.55. The van der Waals surface area contributed by atoms with Crippen molar-refractivity contribution in [1.29, 1.82) is 0 Å². The van der Waals surface area contributed by atoms with E-state index >= 15 is 0 Å². The fraction of sp³-hybridized carbons (Fsp3) is 0.727. The van der Waals surface area contributed by atoms with Gasteiger partial charge in [-0.3, -0.25) is 4.79 Å². The van der Waals surface area contributed by atoms with Gasteiger partial charge >= 0.3 is 0 Å². The van der Waals surface area contributed by atoms with Crippen LogP contribution in [0.1, 0.15) is 40.5 Å². The SMILES string of the molecule is CC(C)SC1=C(N)CC(C)(C)CC1=O. The van der Waals surface area contributed by atoms with Crippen molar-refractivity contribution in [1.82, 2.24) is 0 Å². The van der Waals surface area contributed by atoms with E-state index in [1.54, 1.807) is 11.8 Å². The fourth-order valence-corrected chi connectivity index (χ4v) is 2.63. The molecule has 1 aliphatic carbocycles. The molecule has 1 aliphatic rings. The Bertz CT molecular complexity index is 279. The highest BCUT2D eigenvalue weighted by Gasteiger charge is 2.32. The molecular weight excluding hydrogens is 194 g/mol. The van der Waals surface area contributed by atoms with Gasteiger partial charge in [0, 0.05) is 17.4 Å². The van der Waals surface area contributed by atoms with Crippen molar-refractivity contribution in [3.05, 3.63) is 10.6 Å². The van der Waals surface area contributed by atoms with Gasteiger partial charge in [-0.15, -0.1) is 11.8 Å². The van der Waals surface area contributed by atoms with E-state index in [2.05, 4.69) is 27.7 Å². The van der Waals surface area contributed by atoms with Crippen LogP contribution in [0, 0.1) is 5.41 Å². The second-order valence-electron chi connectivity index (χ2n) is 4.96. The molecule has 0 aliphatic heterocycles. The molecule has 0 saturated heterocycles. The number of carbonyl (C=O) groups is 1. The van der Waals surface area contributed by atoms with Crippen LogP contribution in [0.25, 0.3) is 0 Å². The molecule has 1 rings (SSSR count). The lowest BCUT2D eigenvalue weighted by atomic mass is 9.79. The lowest BCUT2D eigenvalue weighted by molar-refractivity contribution is -0.117. The first-order valence-corrected chi connectivity index (χ1v) is 5.88. The van der Waals surface area contributed by atoms with Crippen LogP contribution in [0.5, 0.6) is 0 Å². The van der Waals surface area contributed by atoms with E-state index < -0.39 is 0 Å². The van der Waals surface area contributed by atoms with E-state index in [4.69, 9.17) is 5.73 Å². The van der Waals surface area contributed by atoms with Crippen molar-refractivity contribution in [2.45, 2.75) is 45.8 Å². The molecule has 0 amide bonds. The topological polar surface area (TPSA) is 43.1 Å². The molecule has 0 aromatic carbocycles. The monoisotopic (exact) mass is 213 g/mol. The molecule has 2 N–H and O–H groups in total. The number of carbonyl (C=O) groups excluding carboxylic acids is 1. The van der Waals surface area contributed by atoms with Gasteiger partial charge in [-0.2, -0.15) is 0 Å². The van der Waals surface area contributed by atoms with Gasteiger partial charge in [0.2, 0.25) is 0 Å². The van der Waals surface area contributed by atoms with Gasteiger partial charge < -0.3 is 5.73 Å². The van der Waals surface area contributed by atoms with Crippen LogP contribution in [0.2, 0.25) is 0 Å². The summed E-state index contributed by atoms with van der Waals surface area (Å²) in [5.41, 5.74) is 6.76. The van der Waals surface area contributed by atoms with Crippen molar-refractivity contribution < 1.29 is 4.79 Å². The number of hydrogen-bond donors (Lipinski definition) is 1. The summed E-state index contributed by atoms with van der Waals surface area (Å²) in [4.78, 5) is 12.6. The third-order valence-electron chi connectivity index (χ3n) is 2.21. The molecule has 0 fully saturated rings. The molecule has 0 bridgehead atoms. The molecular formula is C11H19NOS. The van der Waals surface area contributed by atoms with Gasteiger partial charge in [-0.05, 0) is 11.8 Å². The average Bonchev–Trinajstić information content (AvgIpc) is 1.94. The third kappa shape index (κ3) is 2.77. The number of ketones is 1. The molecule has 80 valence electrons. The normalized spacial score (nSPS) is 21.9. The van der Waals surface area contributed by atoms with Gasteiger partial charge in [0.25, 0.3) is 0 Å². The second kappa shape index (κ2) is 3.97. The van der Waals surface area contributed by atoms with E-state index in [-0.39, 0.29) is 11.2 Å². The van der Waals surface area contributed by atoms with E-state index in [0.717, 1.165) is 17.0 Å². The van der Waals surface area contributed by atoms with Crippen molar-refractivity contribution in [2.75, 3.05) is 0 Å². The zero-order valence-electron chi connectivity index (χ0n) is 9.39. The van der Waals surface area contributed by atoms with Crippen molar-refractivity contribution in [3.8, 4) is 0 Å². The first-order valence-electron chi connectivity index (χ1n) is 5.00. The highest BCUT2D eigenvalue weighted by Crippen LogP contribution is 2.39. The first kappa shape index (κ1) is 11.6. The summed E-state index contributed by atoms with van der Waals surface area (Å²) < 4.78 is 0. The molecule has 0 aromatic heterocycles. The highest BCUT2D eigenvalue weighted by molar-refractivity contribution is 8.04. The minimum Gasteiger partial charge on any atom is -0.401 e. The quantitative estimate of drug-likeness (QED) is 0.767. The minimum atomic E-state index is 0.0439. The van der Waals surface area contributed by atoms with Gasteiger partial charge in [-0.1, -0.05) is 27.7 Å². The maximum absolute atomic E-state index is 11.8. The Hall–Kier alpha value is -0.440. The number of allylic oxidation sites excluding steroid dienone is 2. The van der Waals surface area contributed by atoms with E-state index in [1.807, 2.05) is 0 Å². The maximum Gasteiger partial charge on any atom is 0.171 e. The Labute approximate surface area is 90.3 Å². The van der Waals surface area contributed by atoms with E-state index in [1.165, 1.54) is 0 Å². The Kier molecular flexibility index (Phi) is 3.30. The number of nitrogens with two attached hydrogens (primary N) is 1. The number of Topliss-reactive ketones (excluding diaryl/α,β-unsaturated/α-hetero) is 1. The van der Waals surface area contributed by atoms with Gasteiger partial charge in [0.05, 0.1) is 4.91 Å². The molecule has 0 heterocycles. The number of hydrogen-bond acceptors (Lipinski definition) is 3. The Morgan fingerprint density at radius 3 is 2.36 bits per heavy atom. The summed E-state index contributed by atoms with van der Waals surface area (Å²) >= 11 is 1.60. The van der Waals surface area contributed by atoms with Gasteiger partial charge in [0.15, 0.2) is 5.78 Å². The molecule has 0 spiro atoms. The highest BCUT2D eigenvalue weighted by atomic mass is 32.2. The summed E-state index contributed by atoms with van der Waals surface area (Å²) in [6, 6.07) is 0. The predicted molar refractivity (Wildman–Crippen MR) is 62.0 cm³/mol. The Balaban J connectivity index is 2.88. The standard InChI is InChI=1S/C11H19NOS/c1-7(2)14-10-8(12)5-11(3,4)6-9(10)13/h7H,5-6,12H2,1-4H3. The lowest BCUT2D eigenvalue weighted by Crippen LogP contribution is -2.28. The van der Waals surface area contributed by atoms with Crippen molar-refractivity contribution >= 4 is 17.5 Å². The van der Waals surface area contributed by atoms with Crippen LogP contribution < -0.4 is 5.73 Å². The summed E-state index contributed by atoms with van der Waals surface area (Å²) in [7, 11) is 0. The van der Waals surface area contributed by atoms with E-state index in [9.17, 15) is 4.79 Å². The predicted octanol–water partition coefficient (Wildman–Crippen LogP) is 2.69. The molecule has 0 atom stereocenters. The first-order chi connectivity index (χ1) is 6.32. The largest absolute Gasteiger partial charge is 0.401 e. The lowest BCUT2D eigenvalue weighted by Gasteiger charge is -2.30. The van der Waals surface area contributed by atoms with Crippen LogP contribution in [-0.4, -0.2) is 11.0 Å². The van der Waals surface area contributed by atoms with E-state index in [0.29, 0.717) is 11.7 Å². The molecule has 0 saturated carbocycles. The van der Waals surface area contributed by atoms with Crippen molar-refractivity contribution in [3.63, 3.8) is 0 Å². The molecule has 2 nitrogen and oxygen atoms in total. The zero-order chi connectivity index (χ0) is 10.9. The smallest absolute Gasteiger partial charge is 0.171 e. The Morgan fingerprint density at radius 1 is 1.36 bits per heavy atom. The zero-order valence-corrected chi connectivity index (χ0v) is 10.2. The maximum atomic E-state index is 11.8. The molecule has 0 unspecified atom stereocenters. The van der Waals surface area contributed by atoms with Crippen LogP contribution in [0.15, 0.2) is 10.6 Å².